The van der Waals surface area contributed by atoms with E-state index in [1.165, 1.54) is 45.3 Å². The van der Waals surface area contributed by atoms with E-state index in [-0.39, 0.29) is 0 Å². The maximum absolute atomic E-state index is 3.56. The Hall–Kier alpha value is -0.0800. The molecule has 0 aromatic rings. The molecular weight excluding hydrogens is 208 g/mol. The van der Waals surface area contributed by atoms with Crippen LogP contribution < -0.4 is 5.32 Å². The third-order valence-electron chi connectivity index (χ3n) is 3.11. The second-order valence-electron chi connectivity index (χ2n) is 5.79. The quantitative estimate of drug-likeness (QED) is 0.558. The molecule has 2 nitrogen and oxygen atoms in total. The molecule has 0 radical (unpaired) electrons. The monoisotopic (exact) mass is 242 g/mol. The zero-order chi connectivity index (χ0) is 13.1. The summed E-state index contributed by atoms with van der Waals surface area (Å²) in [6.07, 6.45) is 5.42. The van der Waals surface area contributed by atoms with E-state index < -0.39 is 0 Å². The fourth-order valence-corrected chi connectivity index (χ4v) is 2.05. The highest BCUT2D eigenvalue weighted by Gasteiger charge is 2.09. The van der Waals surface area contributed by atoms with Crippen molar-refractivity contribution in [3.05, 3.63) is 0 Å². The van der Waals surface area contributed by atoms with Gasteiger partial charge in [-0.2, -0.15) is 0 Å². The van der Waals surface area contributed by atoms with E-state index in [1.54, 1.807) is 0 Å². The number of rotatable bonds is 11. The predicted molar refractivity (Wildman–Crippen MR) is 78.6 cm³/mol. The highest BCUT2D eigenvalue weighted by atomic mass is 15.2. The molecule has 0 aliphatic heterocycles. The van der Waals surface area contributed by atoms with Gasteiger partial charge in [0.2, 0.25) is 0 Å². The van der Waals surface area contributed by atoms with Gasteiger partial charge in [0, 0.05) is 25.7 Å². The molecule has 0 aliphatic carbocycles. The minimum atomic E-state index is 0.666. The molecule has 0 unspecified atom stereocenters. The number of hydrogen-bond donors (Lipinski definition) is 1. The first-order valence-electron chi connectivity index (χ1n) is 7.52. The van der Waals surface area contributed by atoms with Crippen molar-refractivity contribution < 1.29 is 0 Å². The van der Waals surface area contributed by atoms with Gasteiger partial charge < -0.3 is 5.32 Å². The largest absolute Gasteiger partial charge is 0.315 e. The van der Waals surface area contributed by atoms with Crippen molar-refractivity contribution in [2.45, 2.75) is 66.3 Å². The lowest BCUT2D eigenvalue weighted by Crippen LogP contribution is -2.39. The number of nitrogens with one attached hydrogen (secondary N) is 1. The van der Waals surface area contributed by atoms with E-state index in [2.05, 4.69) is 44.8 Å². The van der Waals surface area contributed by atoms with Crippen LogP contribution in [0.5, 0.6) is 0 Å². The van der Waals surface area contributed by atoms with Gasteiger partial charge in [0.05, 0.1) is 0 Å². The average molecular weight is 242 g/mol. The van der Waals surface area contributed by atoms with Gasteiger partial charge in [-0.05, 0) is 32.7 Å². The lowest BCUT2D eigenvalue weighted by molar-refractivity contribution is 0.198. The highest BCUT2D eigenvalue weighted by Crippen LogP contribution is 2.03. The third-order valence-corrected chi connectivity index (χ3v) is 3.11. The lowest BCUT2D eigenvalue weighted by atomic mass is 10.2. The summed E-state index contributed by atoms with van der Waals surface area (Å²) in [6, 6.07) is 0.666. The summed E-state index contributed by atoms with van der Waals surface area (Å²) in [5, 5.41) is 3.56. The van der Waals surface area contributed by atoms with Crippen molar-refractivity contribution in [2.75, 3.05) is 26.2 Å². The smallest absolute Gasteiger partial charge is 0.0110 e. The molecule has 0 fully saturated rings. The van der Waals surface area contributed by atoms with Crippen LogP contribution in [0.4, 0.5) is 0 Å². The van der Waals surface area contributed by atoms with E-state index in [0.29, 0.717) is 6.04 Å². The zero-order valence-electron chi connectivity index (χ0n) is 12.8. The van der Waals surface area contributed by atoms with Crippen LogP contribution in [0.1, 0.15) is 60.3 Å². The van der Waals surface area contributed by atoms with Crippen LogP contribution in [0.3, 0.4) is 0 Å². The van der Waals surface area contributed by atoms with Crippen LogP contribution in [-0.2, 0) is 0 Å². The molecule has 1 N–H and O–H groups in total. The van der Waals surface area contributed by atoms with Gasteiger partial charge in [0.25, 0.3) is 0 Å². The van der Waals surface area contributed by atoms with E-state index >= 15 is 0 Å². The number of hydrogen-bond acceptors (Lipinski definition) is 2. The summed E-state index contributed by atoms with van der Waals surface area (Å²) in [6.45, 7) is 16.2. The summed E-state index contributed by atoms with van der Waals surface area (Å²) >= 11 is 0. The Bertz CT molecular complexity index is 155. The maximum Gasteiger partial charge on any atom is 0.0110 e. The van der Waals surface area contributed by atoms with Crippen molar-refractivity contribution in [1.29, 1.82) is 0 Å². The SMILES string of the molecule is CCCCCCNCCN(CC(C)C)C(C)C. The summed E-state index contributed by atoms with van der Waals surface area (Å²) in [7, 11) is 0. The summed E-state index contributed by atoms with van der Waals surface area (Å²) in [4.78, 5) is 2.57. The molecule has 17 heavy (non-hydrogen) atoms. The summed E-state index contributed by atoms with van der Waals surface area (Å²) in [5.74, 6) is 0.766. The fourth-order valence-electron chi connectivity index (χ4n) is 2.05. The second-order valence-corrected chi connectivity index (χ2v) is 5.79. The van der Waals surface area contributed by atoms with Gasteiger partial charge in [-0.15, -0.1) is 0 Å². The Morgan fingerprint density at radius 2 is 1.65 bits per heavy atom. The van der Waals surface area contributed by atoms with Crippen molar-refractivity contribution in [2.24, 2.45) is 5.92 Å². The first-order valence-corrected chi connectivity index (χ1v) is 7.52. The third kappa shape index (κ3) is 10.8. The standard InChI is InChI=1S/C15H34N2/c1-6-7-8-9-10-16-11-12-17(15(4)5)13-14(2)3/h14-16H,6-13H2,1-5H3. The number of unbranched alkanes of at least 4 members (excludes halogenated alkanes) is 3. The number of nitrogens with zero attached hydrogens (tertiary/aromatic N) is 1. The van der Waals surface area contributed by atoms with Gasteiger partial charge in [0.1, 0.15) is 0 Å². The predicted octanol–water partition coefficient (Wildman–Crippen LogP) is 3.52. The van der Waals surface area contributed by atoms with Crippen LogP contribution in [0, 0.1) is 5.92 Å². The van der Waals surface area contributed by atoms with Gasteiger partial charge in [0.15, 0.2) is 0 Å². The molecule has 0 saturated heterocycles. The molecule has 0 bridgehead atoms. The Kier molecular flexibility index (Phi) is 11.0. The molecule has 0 aromatic carbocycles. The molecule has 0 amide bonds. The summed E-state index contributed by atoms with van der Waals surface area (Å²) in [5.41, 5.74) is 0. The molecule has 0 aliphatic rings. The van der Waals surface area contributed by atoms with Gasteiger partial charge in [-0.1, -0.05) is 40.0 Å². The van der Waals surface area contributed by atoms with Crippen molar-refractivity contribution in [3.63, 3.8) is 0 Å². The molecule has 0 spiro atoms. The maximum atomic E-state index is 3.56. The van der Waals surface area contributed by atoms with E-state index in [0.717, 1.165) is 12.5 Å². The molecular formula is C15H34N2. The fraction of sp³-hybridized carbons (Fsp3) is 1.00. The Balaban J connectivity index is 3.48. The van der Waals surface area contributed by atoms with Crippen LogP contribution in [0.15, 0.2) is 0 Å². The molecule has 0 heterocycles. The van der Waals surface area contributed by atoms with E-state index in [1.807, 2.05) is 0 Å². The Morgan fingerprint density at radius 3 is 2.18 bits per heavy atom. The Labute approximate surface area is 109 Å². The van der Waals surface area contributed by atoms with E-state index in [4.69, 9.17) is 0 Å². The minimum Gasteiger partial charge on any atom is -0.315 e. The molecule has 0 atom stereocenters. The average Bonchev–Trinajstić information content (AvgIpc) is 2.25. The highest BCUT2D eigenvalue weighted by molar-refractivity contribution is 4.66. The minimum absolute atomic E-state index is 0.666. The van der Waals surface area contributed by atoms with Gasteiger partial charge >= 0.3 is 0 Å². The van der Waals surface area contributed by atoms with Crippen molar-refractivity contribution >= 4 is 0 Å². The first kappa shape index (κ1) is 16.9. The Morgan fingerprint density at radius 1 is 0.941 bits per heavy atom. The molecule has 0 saturated carbocycles. The molecule has 104 valence electrons. The molecule has 2 heteroatoms. The van der Waals surface area contributed by atoms with Crippen molar-refractivity contribution in [3.8, 4) is 0 Å². The lowest BCUT2D eigenvalue weighted by Gasteiger charge is -2.28. The first-order chi connectivity index (χ1) is 8.07. The van der Waals surface area contributed by atoms with Crippen LogP contribution in [0.25, 0.3) is 0 Å². The normalized spacial score (nSPS) is 12.0. The van der Waals surface area contributed by atoms with Crippen LogP contribution in [0.2, 0.25) is 0 Å². The van der Waals surface area contributed by atoms with Crippen LogP contribution >= 0.6 is 0 Å². The zero-order valence-corrected chi connectivity index (χ0v) is 12.8. The topological polar surface area (TPSA) is 15.3 Å². The summed E-state index contributed by atoms with van der Waals surface area (Å²) < 4.78 is 0. The second kappa shape index (κ2) is 11.0. The molecule has 0 aromatic heterocycles. The van der Waals surface area contributed by atoms with E-state index in [9.17, 15) is 0 Å². The molecule has 0 rings (SSSR count). The van der Waals surface area contributed by atoms with Gasteiger partial charge in [-0.25, -0.2) is 0 Å². The van der Waals surface area contributed by atoms with Crippen molar-refractivity contribution in [1.82, 2.24) is 10.2 Å². The van der Waals surface area contributed by atoms with Crippen LogP contribution in [-0.4, -0.2) is 37.1 Å². The van der Waals surface area contributed by atoms with Gasteiger partial charge in [-0.3, -0.25) is 4.90 Å².